The second-order valence-electron chi connectivity index (χ2n) is 6.02. The van der Waals surface area contributed by atoms with Gasteiger partial charge >= 0.3 is 0 Å². The SMILES string of the molecule is C=Cc1ccc(OC)c2c1[C@@]1(CC[NH2+]C)C=C[C@H](O)C[C@H]1O2. The molecule has 1 heterocycles. The average Bonchev–Trinajstić information content (AvgIpc) is 2.86. The number of benzene rings is 1. The highest BCUT2D eigenvalue weighted by Crippen LogP contribution is 2.54. The van der Waals surface area contributed by atoms with Crippen LogP contribution in [0.2, 0.25) is 0 Å². The van der Waals surface area contributed by atoms with Crippen LogP contribution in [-0.2, 0) is 5.41 Å². The molecule has 3 N–H and O–H groups in total. The largest absolute Gasteiger partial charge is 0.493 e. The zero-order valence-corrected chi connectivity index (χ0v) is 13.2. The molecule has 0 amide bonds. The van der Waals surface area contributed by atoms with E-state index in [2.05, 4.69) is 25.0 Å². The van der Waals surface area contributed by atoms with Crippen LogP contribution in [0, 0.1) is 0 Å². The summed E-state index contributed by atoms with van der Waals surface area (Å²) in [7, 11) is 3.73. The van der Waals surface area contributed by atoms with Crippen molar-refractivity contribution < 1.29 is 19.9 Å². The average molecular weight is 302 g/mol. The second-order valence-corrected chi connectivity index (χ2v) is 6.02. The number of hydrogen-bond acceptors (Lipinski definition) is 3. The van der Waals surface area contributed by atoms with Crippen LogP contribution in [0.25, 0.3) is 6.08 Å². The van der Waals surface area contributed by atoms with E-state index >= 15 is 0 Å². The normalized spacial score (nSPS) is 28.7. The lowest BCUT2D eigenvalue weighted by Crippen LogP contribution is -2.80. The molecule has 4 heteroatoms. The van der Waals surface area contributed by atoms with Gasteiger partial charge in [-0.15, -0.1) is 0 Å². The summed E-state index contributed by atoms with van der Waals surface area (Å²) in [5.74, 6) is 1.55. The summed E-state index contributed by atoms with van der Waals surface area (Å²) in [6.07, 6.45) is 6.96. The van der Waals surface area contributed by atoms with Gasteiger partial charge in [0.2, 0.25) is 0 Å². The van der Waals surface area contributed by atoms with Crippen molar-refractivity contribution in [1.29, 1.82) is 0 Å². The Hall–Kier alpha value is -1.78. The zero-order chi connectivity index (χ0) is 15.7. The summed E-state index contributed by atoms with van der Waals surface area (Å²) in [6.45, 7) is 4.94. The van der Waals surface area contributed by atoms with Crippen molar-refractivity contribution in [3.05, 3.63) is 42.0 Å². The molecule has 1 aromatic carbocycles. The van der Waals surface area contributed by atoms with Crippen LogP contribution in [0.3, 0.4) is 0 Å². The Bertz CT molecular complexity index is 611. The number of nitrogens with two attached hydrogens (primary N) is 1. The number of fused-ring (bicyclic) bond motifs is 3. The lowest BCUT2D eigenvalue weighted by Gasteiger charge is -2.35. The van der Waals surface area contributed by atoms with Crippen LogP contribution in [0.15, 0.2) is 30.9 Å². The van der Waals surface area contributed by atoms with Gasteiger partial charge < -0.3 is 19.9 Å². The van der Waals surface area contributed by atoms with Gasteiger partial charge in [0.05, 0.1) is 32.2 Å². The summed E-state index contributed by atoms with van der Waals surface area (Å²) in [4.78, 5) is 0. The summed E-state index contributed by atoms with van der Waals surface area (Å²) in [6, 6.07) is 3.96. The predicted octanol–water partition coefficient (Wildman–Crippen LogP) is 1.24. The summed E-state index contributed by atoms with van der Waals surface area (Å²) >= 11 is 0. The molecule has 1 aliphatic carbocycles. The van der Waals surface area contributed by atoms with Gasteiger partial charge in [0.15, 0.2) is 11.5 Å². The standard InChI is InChI=1S/C18H23NO3/c1-4-12-5-6-14(21-3)17-16(12)18(9-10-19-2)8-7-13(20)11-15(18)22-17/h4-8,13,15,19-20H,1,9-11H2,2-3H3/p+1/t13-,15+,18+/m0/s1. The maximum absolute atomic E-state index is 10.0. The highest BCUT2D eigenvalue weighted by atomic mass is 16.5. The van der Waals surface area contributed by atoms with E-state index in [9.17, 15) is 5.11 Å². The third kappa shape index (κ3) is 2.14. The molecule has 4 nitrogen and oxygen atoms in total. The van der Waals surface area contributed by atoms with E-state index in [4.69, 9.17) is 9.47 Å². The van der Waals surface area contributed by atoms with Crippen LogP contribution >= 0.6 is 0 Å². The minimum absolute atomic E-state index is 0.0579. The lowest BCUT2D eigenvalue weighted by molar-refractivity contribution is -0.628. The molecule has 118 valence electrons. The molecule has 3 rings (SSSR count). The van der Waals surface area contributed by atoms with Crippen LogP contribution in [0.4, 0.5) is 0 Å². The highest BCUT2D eigenvalue weighted by molar-refractivity contribution is 5.67. The number of methoxy groups -OCH3 is 1. The fraction of sp³-hybridized carbons (Fsp3) is 0.444. The molecule has 0 saturated heterocycles. The Morgan fingerprint density at radius 3 is 3.05 bits per heavy atom. The quantitative estimate of drug-likeness (QED) is 0.805. The number of ether oxygens (including phenoxy) is 2. The number of aliphatic hydroxyl groups excluding tert-OH is 1. The van der Waals surface area contributed by atoms with Gasteiger partial charge in [0.1, 0.15) is 6.10 Å². The van der Waals surface area contributed by atoms with E-state index in [1.165, 1.54) is 0 Å². The Labute approximate surface area is 131 Å². The molecule has 0 unspecified atom stereocenters. The van der Waals surface area contributed by atoms with Crippen molar-refractivity contribution in [3.63, 3.8) is 0 Å². The van der Waals surface area contributed by atoms with Crippen molar-refractivity contribution in [2.45, 2.75) is 30.5 Å². The maximum atomic E-state index is 10.0. The molecule has 0 radical (unpaired) electrons. The molecular formula is C18H24NO3+. The van der Waals surface area contributed by atoms with Crippen molar-refractivity contribution in [2.75, 3.05) is 20.7 Å². The zero-order valence-electron chi connectivity index (χ0n) is 13.2. The van der Waals surface area contributed by atoms with E-state index in [-0.39, 0.29) is 11.5 Å². The fourth-order valence-corrected chi connectivity index (χ4v) is 3.70. The maximum Gasteiger partial charge on any atom is 0.166 e. The minimum atomic E-state index is -0.448. The summed E-state index contributed by atoms with van der Waals surface area (Å²) < 4.78 is 11.7. The third-order valence-corrected chi connectivity index (χ3v) is 4.81. The van der Waals surface area contributed by atoms with E-state index in [0.717, 1.165) is 35.6 Å². The first-order chi connectivity index (χ1) is 10.7. The lowest BCUT2D eigenvalue weighted by atomic mass is 9.68. The highest BCUT2D eigenvalue weighted by Gasteiger charge is 2.51. The molecule has 0 saturated carbocycles. The van der Waals surface area contributed by atoms with Gasteiger partial charge in [0.25, 0.3) is 0 Å². The minimum Gasteiger partial charge on any atom is -0.493 e. The van der Waals surface area contributed by atoms with Gasteiger partial charge in [-0.25, -0.2) is 0 Å². The van der Waals surface area contributed by atoms with Crippen LogP contribution in [0.5, 0.6) is 11.5 Å². The Morgan fingerprint density at radius 2 is 2.36 bits per heavy atom. The Kier molecular flexibility index (Phi) is 3.98. The Balaban J connectivity index is 2.19. The molecule has 0 fully saturated rings. The third-order valence-electron chi connectivity index (χ3n) is 4.81. The first-order valence-corrected chi connectivity index (χ1v) is 7.82. The van der Waals surface area contributed by atoms with Crippen LogP contribution in [-0.4, -0.2) is 38.0 Å². The molecule has 22 heavy (non-hydrogen) atoms. The summed E-state index contributed by atoms with van der Waals surface area (Å²) in [5, 5.41) is 12.2. The molecular weight excluding hydrogens is 278 g/mol. The number of rotatable bonds is 5. The van der Waals surface area contributed by atoms with Gasteiger partial charge in [-0.3, -0.25) is 0 Å². The molecule has 1 aromatic rings. The van der Waals surface area contributed by atoms with Crippen molar-refractivity contribution in [3.8, 4) is 11.5 Å². The smallest absolute Gasteiger partial charge is 0.166 e. The Morgan fingerprint density at radius 1 is 1.55 bits per heavy atom. The van der Waals surface area contributed by atoms with Crippen LogP contribution in [0.1, 0.15) is 24.0 Å². The summed E-state index contributed by atoms with van der Waals surface area (Å²) in [5.41, 5.74) is 2.02. The van der Waals surface area contributed by atoms with Gasteiger partial charge in [-0.1, -0.05) is 30.9 Å². The number of hydrogen-bond donors (Lipinski definition) is 2. The van der Waals surface area contributed by atoms with E-state index in [1.54, 1.807) is 7.11 Å². The van der Waals surface area contributed by atoms with E-state index < -0.39 is 6.10 Å². The van der Waals surface area contributed by atoms with E-state index in [0.29, 0.717) is 6.42 Å². The van der Waals surface area contributed by atoms with Gasteiger partial charge in [-0.05, 0) is 11.6 Å². The second kappa shape index (κ2) is 5.78. The molecule has 1 aliphatic heterocycles. The van der Waals surface area contributed by atoms with Crippen LogP contribution < -0.4 is 14.8 Å². The predicted molar refractivity (Wildman–Crippen MR) is 86.3 cm³/mol. The first kappa shape index (κ1) is 15.1. The monoisotopic (exact) mass is 302 g/mol. The van der Waals surface area contributed by atoms with Crippen molar-refractivity contribution in [1.82, 2.24) is 0 Å². The number of quaternary nitrogens is 1. The molecule has 3 atom stereocenters. The fourth-order valence-electron chi connectivity index (χ4n) is 3.70. The molecule has 2 aliphatic rings. The van der Waals surface area contributed by atoms with Gasteiger partial charge in [0, 0.05) is 18.4 Å². The van der Waals surface area contributed by atoms with Crippen molar-refractivity contribution in [2.24, 2.45) is 0 Å². The first-order valence-electron chi connectivity index (χ1n) is 7.82. The number of aliphatic hydroxyl groups is 1. The molecule has 0 spiro atoms. The van der Waals surface area contributed by atoms with Crippen molar-refractivity contribution >= 4 is 6.08 Å². The van der Waals surface area contributed by atoms with Gasteiger partial charge in [-0.2, -0.15) is 0 Å². The molecule has 0 bridgehead atoms. The topological polar surface area (TPSA) is 55.3 Å². The molecule has 0 aromatic heterocycles. The van der Waals surface area contributed by atoms with E-state index in [1.807, 2.05) is 24.3 Å².